The van der Waals surface area contributed by atoms with Crippen molar-refractivity contribution in [2.75, 3.05) is 12.8 Å². The van der Waals surface area contributed by atoms with Gasteiger partial charge >= 0.3 is 0 Å². The summed E-state index contributed by atoms with van der Waals surface area (Å²) in [6.07, 6.45) is 3.49. The van der Waals surface area contributed by atoms with E-state index in [9.17, 15) is 5.26 Å². The van der Waals surface area contributed by atoms with Crippen molar-refractivity contribution in [2.45, 2.75) is 0 Å². The Morgan fingerprint density at radius 2 is 2.04 bits per heavy atom. The number of nitrogens with two attached hydrogens (primary N) is 1. The number of nitrogens with one attached hydrogen (secondary N) is 1. The quantitative estimate of drug-likeness (QED) is 0.569. The van der Waals surface area contributed by atoms with Gasteiger partial charge in [-0.05, 0) is 42.5 Å². The maximum atomic E-state index is 9.61. The Bertz CT molecular complexity index is 1030. The van der Waals surface area contributed by atoms with E-state index in [2.05, 4.69) is 17.1 Å². The van der Waals surface area contributed by atoms with Crippen LogP contribution in [0.4, 0.5) is 5.69 Å². The van der Waals surface area contributed by atoms with Gasteiger partial charge in [0.15, 0.2) is 0 Å². The summed E-state index contributed by atoms with van der Waals surface area (Å²) in [6.45, 7) is 0. The first-order chi connectivity index (χ1) is 11.7. The number of aromatic nitrogens is 1. The molecule has 2 aromatic carbocycles. The standard InChI is InChI=1S/C19H14N4O/c1-24-19-5-2-12(9-20)6-13(19)7-14(10-21)17-11-23-18-4-3-15(22)8-16(17)18/h2-8,11,23H,22H2,1H3/b14-7+. The molecule has 0 saturated heterocycles. The molecule has 0 saturated carbocycles. The van der Waals surface area contributed by atoms with E-state index in [0.717, 1.165) is 16.5 Å². The van der Waals surface area contributed by atoms with Crippen LogP contribution >= 0.6 is 0 Å². The van der Waals surface area contributed by atoms with E-state index in [1.807, 2.05) is 12.1 Å². The van der Waals surface area contributed by atoms with Crippen molar-refractivity contribution in [1.82, 2.24) is 4.98 Å². The highest BCUT2D eigenvalue weighted by Crippen LogP contribution is 2.30. The van der Waals surface area contributed by atoms with Gasteiger partial charge in [0.2, 0.25) is 0 Å². The molecule has 1 heterocycles. The first kappa shape index (κ1) is 15.2. The lowest BCUT2D eigenvalue weighted by atomic mass is 10.0. The van der Waals surface area contributed by atoms with Crippen LogP contribution < -0.4 is 10.5 Å². The third kappa shape index (κ3) is 2.67. The molecule has 0 aliphatic carbocycles. The minimum atomic E-state index is 0.459. The molecule has 3 aromatic rings. The van der Waals surface area contributed by atoms with Crippen LogP contribution in [-0.4, -0.2) is 12.1 Å². The fourth-order valence-electron chi connectivity index (χ4n) is 2.60. The number of hydrogen-bond acceptors (Lipinski definition) is 4. The predicted octanol–water partition coefficient (Wildman–Crippen LogP) is 3.69. The molecule has 0 unspecified atom stereocenters. The number of nitrogen functional groups attached to an aromatic ring is 1. The van der Waals surface area contributed by atoms with E-state index in [0.29, 0.717) is 28.1 Å². The van der Waals surface area contributed by atoms with Crippen molar-refractivity contribution >= 4 is 28.2 Å². The van der Waals surface area contributed by atoms with Crippen LogP contribution in [0, 0.1) is 22.7 Å². The summed E-state index contributed by atoms with van der Waals surface area (Å²) in [5.41, 5.74) is 9.78. The number of H-pyrrole nitrogens is 1. The minimum Gasteiger partial charge on any atom is -0.496 e. The molecule has 0 spiro atoms. The zero-order valence-corrected chi connectivity index (χ0v) is 13.0. The van der Waals surface area contributed by atoms with Crippen LogP contribution in [0.25, 0.3) is 22.6 Å². The smallest absolute Gasteiger partial charge is 0.126 e. The van der Waals surface area contributed by atoms with Gasteiger partial charge in [0, 0.05) is 33.9 Å². The van der Waals surface area contributed by atoms with Crippen molar-refractivity contribution < 1.29 is 4.74 Å². The molecule has 1 aromatic heterocycles. The summed E-state index contributed by atoms with van der Waals surface area (Å²) in [7, 11) is 1.55. The Labute approximate surface area is 139 Å². The highest BCUT2D eigenvalue weighted by Gasteiger charge is 2.11. The molecule has 0 atom stereocenters. The maximum Gasteiger partial charge on any atom is 0.126 e. The lowest BCUT2D eigenvalue weighted by molar-refractivity contribution is 0.414. The second-order valence-electron chi connectivity index (χ2n) is 5.25. The van der Waals surface area contributed by atoms with Crippen LogP contribution in [0.2, 0.25) is 0 Å². The number of ether oxygens (including phenoxy) is 1. The Hall–Kier alpha value is -3.70. The Morgan fingerprint density at radius 3 is 2.75 bits per heavy atom. The molecule has 3 N–H and O–H groups in total. The van der Waals surface area contributed by atoms with Crippen molar-refractivity contribution in [3.63, 3.8) is 0 Å². The van der Waals surface area contributed by atoms with Gasteiger partial charge in [-0.25, -0.2) is 0 Å². The maximum absolute atomic E-state index is 9.61. The second kappa shape index (κ2) is 6.20. The highest BCUT2D eigenvalue weighted by atomic mass is 16.5. The molecule has 0 bridgehead atoms. The molecule has 116 valence electrons. The van der Waals surface area contributed by atoms with Crippen molar-refractivity contribution in [3.05, 3.63) is 59.3 Å². The summed E-state index contributed by atoms with van der Waals surface area (Å²) in [4.78, 5) is 3.14. The average molecular weight is 314 g/mol. The molecule has 5 nitrogen and oxygen atoms in total. The molecule has 5 heteroatoms. The number of hydrogen-bond donors (Lipinski definition) is 2. The van der Waals surface area contributed by atoms with Gasteiger partial charge in [-0.2, -0.15) is 10.5 Å². The van der Waals surface area contributed by atoms with Crippen LogP contribution in [0.5, 0.6) is 5.75 Å². The summed E-state index contributed by atoms with van der Waals surface area (Å²) < 4.78 is 5.32. The predicted molar refractivity (Wildman–Crippen MR) is 93.9 cm³/mol. The summed E-state index contributed by atoms with van der Waals surface area (Å²) in [5, 5.41) is 19.6. The van der Waals surface area contributed by atoms with E-state index in [4.69, 9.17) is 15.7 Å². The number of anilines is 1. The number of aromatic amines is 1. The summed E-state index contributed by atoms with van der Waals surface area (Å²) >= 11 is 0. The molecular formula is C19H14N4O. The largest absolute Gasteiger partial charge is 0.496 e. The van der Waals surface area contributed by atoms with Gasteiger partial charge in [0.25, 0.3) is 0 Å². The lowest BCUT2D eigenvalue weighted by Crippen LogP contribution is -1.89. The lowest BCUT2D eigenvalue weighted by Gasteiger charge is -2.06. The molecule has 3 rings (SSSR count). The van der Waals surface area contributed by atoms with Gasteiger partial charge in [-0.1, -0.05) is 0 Å². The minimum absolute atomic E-state index is 0.459. The second-order valence-corrected chi connectivity index (χ2v) is 5.25. The number of rotatable bonds is 3. The van der Waals surface area contributed by atoms with E-state index >= 15 is 0 Å². The van der Waals surface area contributed by atoms with Gasteiger partial charge < -0.3 is 15.5 Å². The van der Waals surface area contributed by atoms with Crippen molar-refractivity contribution in [3.8, 4) is 17.9 Å². The number of fused-ring (bicyclic) bond motifs is 1. The topological polar surface area (TPSA) is 98.6 Å². The first-order valence-corrected chi connectivity index (χ1v) is 7.23. The van der Waals surface area contributed by atoms with Gasteiger partial charge in [0.1, 0.15) is 5.75 Å². The average Bonchev–Trinajstić information content (AvgIpc) is 3.02. The molecule has 0 aliphatic rings. The van der Waals surface area contributed by atoms with Crippen LogP contribution in [0.15, 0.2) is 42.6 Å². The Morgan fingerprint density at radius 1 is 1.21 bits per heavy atom. The fraction of sp³-hybridized carbons (Fsp3) is 0.0526. The van der Waals surface area contributed by atoms with Crippen LogP contribution in [0.3, 0.4) is 0 Å². The number of methoxy groups -OCH3 is 1. The number of benzene rings is 2. The van der Waals surface area contributed by atoms with E-state index in [-0.39, 0.29) is 0 Å². The number of nitrogens with zero attached hydrogens (tertiary/aromatic N) is 2. The third-order valence-electron chi connectivity index (χ3n) is 3.78. The van der Waals surface area contributed by atoms with Crippen LogP contribution in [-0.2, 0) is 0 Å². The van der Waals surface area contributed by atoms with Crippen molar-refractivity contribution in [1.29, 1.82) is 10.5 Å². The molecule has 0 amide bonds. The normalized spacial score (nSPS) is 11.0. The summed E-state index contributed by atoms with van der Waals surface area (Å²) in [5.74, 6) is 0.598. The van der Waals surface area contributed by atoms with Gasteiger partial charge in [0.05, 0.1) is 30.4 Å². The zero-order chi connectivity index (χ0) is 17.1. The highest BCUT2D eigenvalue weighted by molar-refractivity contribution is 6.02. The molecule has 0 fully saturated rings. The third-order valence-corrected chi connectivity index (χ3v) is 3.78. The summed E-state index contributed by atoms with van der Waals surface area (Å²) in [6, 6.07) is 14.9. The fourth-order valence-corrected chi connectivity index (χ4v) is 2.60. The van der Waals surface area contributed by atoms with Crippen molar-refractivity contribution in [2.24, 2.45) is 0 Å². The van der Waals surface area contributed by atoms with E-state index in [1.165, 1.54) is 0 Å². The van der Waals surface area contributed by atoms with Crippen LogP contribution in [0.1, 0.15) is 16.7 Å². The molecule has 0 aliphatic heterocycles. The zero-order valence-electron chi connectivity index (χ0n) is 13.0. The first-order valence-electron chi connectivity index (χ1n) is 7.23. The molecule has 24 heavy (non-hydrogen) atoms. The molecule has 0 radical (unpaired) electrons. The monoisotopic (exact) mass is 314 g/mol. The number of allylic oxidation sites excluding steroid dienone is 1. The molecular weight excluding hydrogens is 300 g/mol. The van der Waals surface area contributed by atoms with E-state index in [1.54, 1.807) is 43.6 Å². The van der Waals surface area contributed by atoms with Gasteiger partial charge in [-0.15, -0.1) is 0 Å². The SMILES string of the molecule is COc1ccc(C#N)cc1/C=C(\C#N)c1c[nH]c2ccc(N)cc12. The Kier molecular flexibility index (Phi) is 3.93. The number of nitriles is 2. The van der Waals surface area contributed by atoms with E-state index < -0.39 is 0 Å². The Balaban J connectivity index is 2.19. The van der Waals surface area contributed by atoms with Gasteiger partial charge in [-0.3, -0.25) is 0 Å².